The Bertz CT molecular complexity index is 492. The van der Waals surface area contributed by atoms with Gasteiger partial charge in [0.2, 0.25) is 5.91 Å². The molecule has 0 saturated carbocycles. The molecule has 0 spiro atoms. The van der Waals surface area contributed by atoms with Crippen molar-refractivity contribution in [2.45, 2.75) is 18.6 Å². The largest absolute Gasteiger partial charge is 0.401 e. The van der Waals surface area contributed by atoms with E-state index >= 15 is 0 Å². The van der Waals surface area contributed by atoms with Crippen molar-refractivity contribution in [2.75, 3.05) is 6.54 Å². The van der Waals surface area contributed by atoms with Crippen LogP contribution < -0.4 is 11.1 Å². The van der Waals surface area contributed by atoms with Crippen molar-refractivity contribution in [1.82, 2.24) is 5.32 Å². The molecule has 0 heterocycles. The number of hydrogen-bond acceptors (Lipinski definition) is 2. The summed E-state index contributed by atoms with van der Waals surface area (Å²) < 4.78 is 50.8. The molecule has 0 saturated heterocycles. The summed E-state index contributed by atoms with van der Waals surface area (Å²) in [6, 6.07) is 3.66. The van der Waals surface area contributed by atoms with Gasteiger partial charge in [0.1, 0.15) is 11.4 Å². The van der Waals surface area contributed by atoms with Gasteiger partial charge in [0.05, 0.1) is 6.54 Å². The molecular formula is C11H11BrF4N2O. The molecule has 0 aliphatic carbocycles. The minimum Gasteiger partial charge on any atom is -0.368 e. The fraction of sp³-hybridized carbons (Fsp3) is 0.364. The summed E-state index contributed by atoms with van der Waals surface area (Å²) in [5.41, 5.74) is 2.90. The number of nitrogens with one attached hydrogen (secondary N) is 1. The van der Waals surface area contributed by atoms with E-state index in [1.54, 1.807) is 0 Å². The summed E-state index contributed by atoms with van der Waals surface area (Å²) in [5.74, 6) is -1.93. The third-order valence-corrected chi connectivity index (χ3v) is 3.10. The molecular weight excluding hydrogens is 332 g/mol. The van der Waals surface area contributed by atoms with Gasteiger partial charge in [0, 0.05) is 10.0 Å². The SMILES string of the molecule is CC(NCC(F)(F)F)(C(N)=O)c1ccc(Br)cc1F. The summed E-state index contributed by atoms with van der Waals surface area (Å²) >= 11 is 3.01. The first-order valence-electron chi connectivity index (χ1n) is 5.13. The first-order chi connectivity index (χ1) is 8.56. The number of rotatable bonds is 4. The molecule has 0 aliphatic rings. The van der Waals surface area contributed by atoms with Gasteiger partial charge in [-0.15, -0.1) is 0 Å². The van der Waals surface area contributed by atoms with Crippen LogP contribution in [-0.4, -0.2) is 18.6 Å². The molecule has 1 rings (SSSR count). The molecule has 0 aliphatic heterocycles. The maximum atomic E-state index is 13.8. The number of carbonyl (C=O) groups excluding carboxylic acids is 1. The zero-order chi connectivity index (χ0) is 14.8. The number of nitrogens with two attached hydrogens (primary N) is 1. The van der Waals surface area contributed by atoms with Gasteiger partial charge in [-0.2, -0.15) is 13.2 Å². The van der Waals surface area contributed by atoms with Crippen molar-refractivity contribution in [3.8, 4) is 0 Å². The van der Waals surface area contributed by atoms with E-state index in [1.807, 2.05) is 5.32 Å². The van der Waals surface area contributed by atoms with E-state index in [0.717, 1.165) is 13.0 Å². The number of alkyl halides is 3. The van der Waals surface area contributed by atoms with Crippen LogP contribution in [0.4, 0.5) is 17.6 Å². The molecule has 19 heavy (non-hydrogen) atoms. The maximum Gasteiger partial charge on any atom is 0.401 e. The van der Waals surface area contributed by atoms with Crippen molar-refractivity contribution in [3.63, 3.8) is 0 Å². The summed E-state index contributed by atoms with van der Waals surface area (Å²) in [4.78, 5) is 11.4. The lowest BCUT2D eigenvalue weighted by Crippen LogP contribution is -2.53. The minimum absolute atomic E-state index is 0.243. The predicted octanol–water partition coefficient (Wildman–Crippen LogP) is 2.44. The van der Waals surface area contributed by atoms with E-state index in [2.05, 4.69) is 15.9 Å². The highest BCUT2D eigenvalue weighted by Gasteiger charge is 2.39. The Labute approximate surface area is 115 Å². The molecule has 1 atom stereocenters. The van der Waals surface area contributed by atoms with Crippen LogP contribution in [0, 0.1) is 5.82 Å². The smallest absolute Gasteiger partial charge is 0.368 e. The average molecular weight is 343 g/mol. The normalized spacial score (nSPS) is 15.1. The monoisotopic (exact) mass is 342 g/mol. The molecule has 0 aromatic heterocycles. The second-order valence-corrected chi connectivity index (χ2v) is 5.00. The first kappa shape index (κ1) is 15.9. The van der Waals surface area contributed by atoms with Gasteiger partial charge >= 0.3 is 6.18 Å². The lowest BCUT2D eigenvalue weighted by Gasteiger charge is -2.29. The summed E-state index contributed by atoms with van der Waals surface area (Å²) in [6.45, 7) is -0.352. The van der Waals surface area contributed by atoms with E-state index in [9.17, 15) is 22.4 Å². The van der Waals surface area contributed by atoms with Gasteiger partial charge in [-0.25, -0.2) is 4.39 Å². The van der Waals surface area contributed by atoms with Crippen molar-refractivity contribution in [1.29, 1.82) is 0 Å². The predicted molar refractivity (Wildman–Crippen MR) is 64.7 cm³/mol. The number of benzene rings is 1. The Balaban J connectivity index is 3.15. The lowest BCUT2D eigenvalue weighted by atomic mass is 9.90. The lowest BCUT2D eigenvalue weighted by molar-refractivity contribution is -0.135. The van der Waals surface area contributed by atoms with Crippen molar-refractivity contribution in [2.24, 2.45) is 5.73 Å². The Morgan fingerprint density at radius 2 is 2.00 bits per heavy atom. The van der Waals surface area contributed by atoms with Crippen LogP contribution in [0.3, 0.4) is 0 Å². The fourth-order valence-electron chi connectivity index (χ4n) is 1.49. The van der Waals surface area contributed by atoms with Gasteiger partial charge in [0.15, 0.2) is 0 Å². The Hall–Kier alpha value is -1.15. The molecule has 1 aromatic rings. The Kier molecular flexibility index (Phi) is 4.57. The first-order valence-corrected chi connectivity index (χ1v) is 5.93. The number of amides is 1. The van der Waals surface area contributed by atoms with Crippen LogP contribution in [-0.2, 0) is 10.3 Å². The van der Waals surface area contributed by atoms with Gasteiger partial charge < -0.3 is 5.73 Å². The summed E-state index contributed by atoms with van der Waals surface area (Å²) in [7, 11) is 0. The molecule has 0 radical (unpaired) electrons. The van der Waals surface area contributed by atoms with Crippen LogP contribution in [0.15, 0.2) is 22.7 Å². The Morgan fingerprint density at radius 3 is 2.42 bits per heavy atom. The van der Waals surface area contributed by atoms with E-state index in [1.165, 1.54) is 12.1 Å². The molecule has 106 valence electrons. The van der Waals surface area contributed by atoms with Crippen molar-refractivity contribution >= 4 is 21.8 Å². The average Bonchev–Trinajstić information content (AvgIpc) is 2.24. The second-order valence-electron chi connectivity index (χ2n) is 4.08. The second kappa shape index (κ2) is 5.46. The van der Waals surface area contributed by atoms with Crippen LogP contribution in [0.25, 0.3) is 0 Å². The van der Waals surface area contributed by atoms with E-state index in [-0.39, 0.29) is 5.56 Å². The highest BCUT2D eigenvalue weighted by atomic mass is 79.9. The molecule has 3 nitrogen and oxygen atoms in total. The molecule has 8 heteroatoms. The summed E-state index contributed by atoms with van der Waals surface area (Å²) in [5, 5.41) is 1.96. The zero-order valence-corrected chi connectivity index (χ0v) is 11.4. The summed E-state index contributed by atoms with van der Waals surface area (Å²) in [6.07, 6.45) is -4.54. The highest BCUT2D eigenvalue weighted by Crippen LogP contribution is 2.27. The van der Waals surface area contributed by atoms with Crippen molar-refractivity contribution < 1.29 is 22.4 Å². The molecule has 1 amide bonds. The van der Waals surface area contributed by atoms with E-state index in [0.29, 0.717) is 4.47 Å². The van der Waals surface area contributed by atoms with E-state index in [4.69, 9.17) is 5.73 Å². The van der Waals surface area contributed by atoms with Crippen molar-refractivity contribution in [3.05, 3.63) is 34.1 Å². The highest BCUT2D eigenvalue weighted by molar-refractivity contribution is 9.10. The number of carbonyl (C=O) groups is 1. The third-order valence-electron chi connectivity index (χ3n) is 2.60. The molecule has 1 unspecified atom stereocenters. The van der Waals surface area contributed by atoms with Crippen LogP contribution in [0.5, 0.6) is 0 Å². The third kappa shape index (κ3) is 3.90. The van der Waals surface area contributed by atoms with Gasteiger partial charge in [-0.05, 0) is 19.1 Å². The fourth-order valence-corrected chi connectivity index (χ4v) is 1.82. The topological polar surface area (TPSA) is 55.1 Å². The van der Waals surface area contributed by atoms with Gasteiger partial charge in [-0.1, -0.05) is 22.0 Å². The molecule has 0 bridgehead atoms. The number of primary amides is 1. The molecule has 3 N–H and O–H groups in total. The van der Waals surface area contributed by atoms with E-state index < -0.39 is 30.0 Å². The standard InChI is InChI=1S/C11H11BrF4N2O/c1-10(9(17)19,18-5-11(14,15)16)7-3-2-6(12)4-8(7)13/h2-4,18H,5H2,1H3,(H2,17,19). The molecule has 1 aromatic carbocycles. The maximum absolute atomic E-state index is 13.8. The number of halogens is 5. The molecule has 0 fully saturated rings. The quantitative estimate of drug-likeness (QED) is 0.826. The van der Waals surface area contributed by atoms with Crippen LogP contribution in [0.2, 0.25) is 0 Å². The minimum atomic E-state index is -4.54. The zero-order valence-electron chi connectivity index (χ0n) is 9.81. The van der Waals surface area contributed by atoms with Gasteiger partial charge in [0.25, 0.3) is 0 Å². The van der Waals surface area contributed by atoms with Gasteiger partial charge in [-0.3, -0.25) is 10.1 Å². The van der Waals surface area contributed by atoms with Crippen LogP contribution >= 0.6 is 15.9 Å². The Morgan fingerprint density at radius 1 is 1.42 bits per heavy atom. The number of hydrogen-bond donors (Lipinski definition) is 2. The van der Waals surface area contributed by atoms with Crippen LogP contribution in [0.1, 0.15) is 12.5 Å².